The van der Waals surface area contributed by atoms with E-state index in [9.17, 15) is 0 Å². The summed E-state index contributed by atoms with van der Waals surface area (Å²) < 4.78 is 0. The first kappa shape index (κ1) is 13.7. The summed E-state index contributed by atoms with van der Waals surface area (Å²) in [5, 5.41) is 8.92. The third-order valence-corrected chi connectivity index (χ3v) is 2.53. The van der Waals surface area contributed by atoms with Gasteiger partial charge in [-0.25, -0.2) is 10.8 Å². The first-order chi connectivity index (χ1) is 8.10. The molecule has 0 aliphatic heterocycles. The zero-order valence-corrected chi connectivity index (χ0v) is 10.6. The Bertz CT molecular complexity index is 356. The Balaban J connectivity index is 2.99. The van der Waals surface area contributed by atoms with Crippen molar-refractivity contribution in [1.82, 2.24) is 9.97 Å². The van der Waals surface area contributed by atoms with E-state index in [4.69, 9.17) is 10.9 Å². The van der Waals surface area contributed by atoms with Gasteiger partial charge in [-0.05, 0) is 27.2 Å². The Morgan fingerprint density at radius 2 is 2.24 bits per heavy atom. The van der Waals surface area contributed by atoms with Gasteiger partial charge in [0.25, 0.3) is 0 Å². The van der Waals surface area contributed by atoms with Gasteiger partial charge in [0, 0.05) is 31.0 Å². The number of rotatable bonds is 6. The molecule has 1 aromatic heterocycles. The fourth-order valence-electron chi connectivity index (χ4n) is 1.64. The largest absolute Gasteiger partial charge is 0.396 e. The van der Waals surface area contributed by atoms with Crippen LogP contribution in [0.25, 0.3) is 0 Å². The molecule has 4 N–H and O–H groups in total. The lowest BCUT2D eigenvalue weighted by molar-refractivity contribution is 0.288. The number of aliphatic hydroxyl groups is 1. The minimum Gasteiger partial charge on any atom is -0.396 e. The summed E-state index contributed by atoms with van der Waals surface area (Å²) in [6.45, 7) is 7.08. The molecule has 0 radical (unpaired) electrons. The van der Waals surface area contributed by atoms with E-state index in [-0.39, 0.29) is 6.61 Å². The van der Waals surface area contributed by atoms with Gasteiger partial charge in [0.05, 0.1) is 0 Å². The monoisotopic (exact) mass is 239 g/mol. The molecule has 6 heteroatoms. The molecule has 0 aromatic carbocycles. The van der Waals surface area contributed by atoms with Gasteiger partial charge in [0.15, 0.2) is 0 Å². The van der Waals surface area contributed by atoms with E-state index in [0.29, 0.717) is 18.4 Å². The molecule has 0 aliphatic carbocycles. The van der Waals surface area contributed by atoms with E-state index in [0.717, 1.165) is 17.9 Å². The summed E-state index contributed by atoms with van der Waals surface area (Å²) >= 11 is 0. The van der Waals surface area contributed by atoms with E-state index in [1.165, 1.54) is 0 Å². The third kappa shape index (κ3) is 3.54. The Hall–Kier alpha value is -1.40. The van der Waals surface area contributed by atoms with Gasteiger partial charge in [-0.1, -0.05) is 0 Å². The molecule has 1 aromatic rings. The standard InChI is InChI=1S/C11H21N5O/c1-8(2)16(5-4-6-17)10-9(3)7-13-11(14-10)15-12/h7-8,17H,4-6,12H2,1-3H3,(H,13,14,15). The number of aliphatic hydroxyl groups excluding tert-OH is 1. The van der Waals surface area contributed by atoms with Crippen molar-refractivity contribution in [2.75, 3.05) is 23.5 Å². The average molecular weight is 239 g/mol. The van der Waals surface area contributed by atoms with Crippen LogP contribution in [0.5, 0.6) is 0 Å². The molecule has 0 saturated carbocycles. The molecule has 0 atom stereocenters. The van der Waals surface area contributed by atoms with Crippen LogP contribution >= 0.6 is 0 Å². The zero-order valence-electron chi connectivity index (χ0n) is 10.6. The summed E-state index contributed by atoms with van der Waals surface area (Å²) in [6, 6.07) is 0.306. The van der Waals surface area contributed by atoms with Gasteiger partial charge in [0.1, 0.15) is 5.82 Å². The predicted molar refractivity (Wildman–Crippen MR) is 68.8 cm³/mol. The molecule has 0 spiro atoms. The minimum atomic E-state index is 0.176. The van der Waals surface area contributed by atoms with Crippen molar-refractivity contribution in [2.24, 2.45) is 5.84 Å². The second kappa shape index (κ2) is 6.36. The number of hydrogen-bond acceptors (Lipinski definition) is 6. The number of aromatic nitrogens is 2. The van der Waals surface area contributed by atoms with Crippen LogP contribution in [0.4, 0.5) is 11.8 Å². The number of anilines is 2. The maximum atomic E-state index is 8.92. The molecule has 0 aliphatic rings. The summed E-state index contributed by atoms with van der Waals surface area (Å²) in [7, 11) is 0. The fourth-order valence-corrected chi connectivity index (χ4v) is 1.64. The Kier molecular flexibility index (Phi) is 5.11. The van der Waals surface area contributed by atoms with Gasteiger partial charge in [0.2, 0.25) is 5.95 Å². The third-order valence-electron chi connectivity index (χ3n) is 2.53. The van der Waals surface area contributed by atoms with Gasteiger partial charge in [-0.3, -0.25) is 5.43 Å². The molecule has 0 saturated heterocycles. The summed E-state index contributed by atoms with van der Waals surface area (Å²) in [6.07, 6.45) is 2.46. The average Bonchev–Trinajstić information content (AvgIpc) is 2.31. The van der Waals surface area contributed by atoms with Crippen molar-refractivity contribution in [3.05, 3.63) is 11.8 Å². The molecule has 1 heterocycles. The van der Waals surface area contributed by atoms with Gasteiger partial charge in [-0.15, -0.1) is 0 Å². The number of hydrogen-bond donors (Lipinski definition) is 3. The molecule has 1 rings (SSSR count). The number of hydrazine groups is 1. The molecular formula is C11H21N5O. The number of nitrogen functional groups attached to an aromatic ring is 1. The molecule has 96 valence electrons. The first-order valence-electron chi connectivity index (χ1n) is 5.78. The number of aryl methyl sites for hydroxylation is 1. The number of nitrogens with two attached hydrogens (primary N) is 1. The van der Waals surface area contributed by atoms with Crippen molar-refractivity contribution in [2.45, 2.75) is 33.2 Å². The Labute approximate surface area is 102 Å². The SMILES string of the molecule is Cc1cnc(NN)nc1N(CCCO)C(C)C. The quantitative estimate of drug-likeness (QED) is 0.499. The van der Waals surface area contributed by atoms with E-state index in [1.54, 1.807) is 6.20 Å². The van der Waals surface area contributed by atoms with Crippen molar-refractivity contribution in [3.8, 4) is 0 Å². The van der Waals surface area contributed by atoms with Crippen LogP contribution in [-0.4, -0.2) is 34.3 Å². The van der Waals surface area contributed by atoms with Gasteiger partial charge in [-0.2, -0.15) is 4.98 Å². The molecule has 0 amide bonds. The van der Waals surface area contributed by atoms with Gasteiger partial charge >= 0.3 is 0 Å². The second-order valence-corrected chi connectivity index (χ2v) is 4.21. The molecular weight excluding hydrogens is 218 g/mol. The van der Waals surface area contributed by atoms with Crippen LogP contribution in [0.1, 0.15) is 25.8 Å². The lowest BCUT2D eigenvalue weighted by Gasteiger charge is -2.29. The molecule has 17 heavy (non-hydrogen) atoms. The highest BCUT2D eigenvalue weighted by Crippen LogP contribution is 2.20. The fraction of sp³-hybridized carbons (Fsp3) is 0.636. The second-order valence-electron chi connectivity index (χ2n) is 4.21. The lowest BCUT2D eigenvalue weighted by Crippen LogP contribution is -2.34. The first-order valence-corrected chi connectivity index (χ1v) is 5.78. The lowest BCUT2D eigenvalue weighted by atomic mass is 10.2. The highest BCUT2D eigenvalue weighted by atomic mass is 16.3. The summed E-state index contributed by atoms with van der Waals surface area (Å²) in [5.41, 5.74) is 3.44. The smallest absolute Gasteiger partial charge is 0.239 e. The van der Waals surface area contributed by atoms with E-state index in [2.05, 4.69) is 34.1 Å². The Morgan fingerprint density at radius 3 is 2.76 bits per heavy atom. The highest BCUT2D eigenvalue weighted by Gasteiger charge is 2.15. The van der Waals surface area contributed by atoms with E-state index in [1.807, 2.05) is 6.92 Å². The van der Waals surface area contributed by atoms with Crippen molar-refractivity contribution in [3.63, 3.8) is 0 Å². The minimum absolute atomic E-state index is 0.176. The maximum Gasteiger partial charge on any atom is 0.239 e. The van der Waals surface area contributed by atoms with Crippen molar-refractivity contribution in [1.29, 1.82) is 0 Å². The summed E-state index contributed by atoms with van der Waals surface area (Å²) in [5.74, 6) is 6.57. The van der Waals surface area contributed by atoms with Crippen LogP contribution < -0.4 is 16.2 Å². The molecule has 0 fully saturated rings. The number of nitrogens with zero attached hydrogens (tertiary/aromatic N) is 3. The van der Waals surface area contributed by atoms with Crippen molar-refractivity contribution >= 4 is 11.8 Å². The normalized spacial score (nSPS) is 10.7. The van der Waals surface area contributed by atoms with Crippen LogP contribution in [0.2, 0.25) is 0 Å². The van der Waals surface area contributed by atoms with E-state index < -0.39 is 0 Å². The number of nitrogens with one attached hydrogen (secondary N) is 1. The topological polar surface area (TPSA) is 87.3 Å². The van der Waals surface area contributed by atoms with Crippen LogP contribution in [-0.2, 0) is 0 Å². The van der Waals surface area contributed by atoms with E-state index >= 15 is 0 Å². The van der Waals surface area contributed by atoms with Crippen LogP contribution in [0.3, 0.4) is 0 Å². The van der Waals surface area contributed by atoms with Crippen LogP contribution in [0, 0.1) is 6.92 Å². The maximum absolute atomic E-state index is 8.92. The molecule has 0 bridgehead atoms. The molecule has 6 nitrogen and oxygen atoms in total. The highest BCUT2D eigenvalue weighted by molar-refractivity contribution is 5.49. The molecule has 0 unspecified atom stereocenters. The van der Waals surface area contributed by atoms with Crippen LogP contribution in [0.15, 0.2) is 6.20 Å². The Morgan fingerprint density at radius 1 is 1.53 bits per heavy atom. The van der Waals surface area contributed by atoms with Gasteiger partial charge < -0.3 is 10.0 Å². The summed E-state index contributed by atoms with van der Waals surface area (Å²) in [4.78, 5) is 10.6. The predicted octanol–water partition coefficient (Wildman–Crippen LogP) is 0.668. The van der Waals surface area contributed by atoms with Crippen molar-refractivity contribution < 1.29 is 5.11 Å². The zero-order chi connectivity index (χ0) is 12.8.